The maximum absolute atomic E-state index is 12.5. The van der Waals surface area contributed by atoms with E-state index in [0.717, 1.165) is 16.7 Å². The molecule has 0 spiro atoms. The number of nitrogens with one attached hydrogen (secondary N) is 1. The van der Waals surface area contributed by atoms with Crippen molar-refractivity contribution in [1.29, 1.82) is 0 Å². The minimum Gasteiger partial charge on any atom is -0.419 e. The van der Waals surface area contributed by atoms with E-state index in [-0.39, 0.29) is 10.8 Å². The summed E-state index contributed by atoms with van der Waals surface area (Å²) in [6.45, 7) is 1.67. The number of hydrogen-bond donors (Lipinski definition) is 1. The van der Waals surface area contributed by atoms with Crippen LogP contribution in [0.3, 0.4) is 0 Å². The number of benzene rings is 3. The molecular weight excluding hydrogens is 386 g/mol. The van der Waals surface area contributed by atoms with Gasteiger partial charge in [-0.15, -0.1) is 10.2 Å². The lowest BCUT2D eigenvalue weighted by molar-refractivity contribution is 0.452. The van der Waals surface area contributed by atoms with Crippen molar-refractivity contribution in [2.75, 3.05) is 0 Å². The average molecular weight is 405 g/mol. The van der Waals surface area contributed by atoms with Crippen LogP contribution in [0.4, 0.5) is 0 Å². The summed E-state index contributed by atoms with van der Waals surface area (Å²) in [5.41, 5.74) is 2.78. The molecule has 146 valence electrons. The Morgan fingerprint density at radius 1 is 0.793 bits per heavy atom. The summed E-state index contributed by atoms with van der Waals surface area (Å²) in [6, 6.07) is 25.1. The topological polar surface area (TPSA) is 85.1 Å². The fourth-order valence-corrected chi connectivity index (χ4v) is 4.23. The molecule has 6 nitrogen and oxygen atoms in total. The molecule has 0 saturated carbocycles. The third-order valence-corrected chi connectivity index (χ3v) is 6.00. The SMILES string of the molecule is CC(NS(=O)(=O)c1ccccc1)c1nnc(-c2ccccc2-c2ccccc2)o1. The van der Waals surface area contributed by atoms with Gasteiger partial charge >= 0.3 is 0 Å². The van der Waals surface area contributed by atoms with E-state index in [9.17, 15) is 8.42 Å². The molecule has 0 aliphatic rings. The van der Waals surface area contributed by atoms with Crippen LogP contribution in [0.2, 0.25) is 0 Å². The van der Waals surface area contributed by atoms with Crippen molar-refractivity contribution in [1.82, 2.24) is 14.9 Å². The van der Waals surface area contributed by atoms with Crippen molar-refractivity contribution in [3.63, 3.8) is 0 Å². The van der Waals surface area contributed by atoms with Gasteiger partial charge in [-0.25, -0.2) is 8.42 Å². The molecule has 4 rings (SSSR count). The van der Waals surface area contributed by atoms with Crippen LogP contribution in [0, 0.1) is 0 Å². The largest absolute Gasteiger partial charge is 0.419 e. The zero-order chi connectivity index (χ0) is 20.3. The zero-order valence-electron chi connectivity index (χ0n) is 15.7. The van der Waals surface area contributed by atoms with Gasteiger partial charge in [0.25, 0.3) is 0 Å². The van der Waals surface area contributed by atoms with Crippen LogP contribution in [0.5, 0.6) is 0 Å². The van der Waals surface area contributed by atoms with Crippen molar-refractivity contribution >= 4 is 10.0 Å². The maximum atomic E-state index is 12.5. The smallest absolute Gasteiger partial charge is 0.248 e. The first-order chi connectivity index (χ1) is 14.0. The molecule has 7 heteroatoms. The van der Waals surface area contributed by atoms with Gasteiger partial charge in [0.15, 0.2) is 0 Å². The Hall–Kier alpha value is -3.29. The highest BCUT2D eigenvalue weighted by Crippen LogP contribution is 2.31. The van der Waals surface area contributed by atoms with E-state index in [1.54, 1.807) is 25.1 Å². The Labute approximate surface area is 169 Å². The first kappa shape index (κ1) is 19.0. The molecule has 0 aliphatic heterocycles. The fraction of sp³-hybridized carbons (Fsp3) is 0.0909. The zero-order valence-corrected chi connectivity index (χ0v) is 16.5. The lowest BCUT2D eigenvalue weighted by Gasteiger charge is -2.10. The van der Waals surface area contributed by atoms with Gasteiger partial charge in [-0.05, 0) is 36.2 Å². The highest BCUT2D eigenvalue weighted by Gasteiger charge is 2.23. The average Bonchev–Trinajstić information content (AvgIpc) is 3.25. The third-order valence-electron chi connectivity index (χ3n) is 4.44. The van der Waals surface area contributed by atoms with Crippen LogP contribution in [0.15, 0.2) is 94.2 Å². The molecule has 1 N–H and O–H groups in total. The van der Waals surface area contributed by atoms with Gasteiger partial charge in [0.05, 0.1) is 10.9 Å². The number of rotatable bonds is 6. The Kier molecular flexibility index (Phi) is 5.24. The Morgan fingerprint density at radius 3 is 2.07 bits per heavy atom. The number of aromatic nitrogens is 2. The van der Waals surface area contributed by atoms with E-state index in [4.69, 9.17) is 4.42 Å². The standard InChI is InChI=1S/C22H19N3O3S/c1-16(25-29(26,27)18-12-6-3-7-13-18)21-23-24-22(28-21)20-15-9-8-14-19(20)17-10-4-2-5-11-17/h2-16,25H,1H3. The molecule has 0 bridgehead atoms. The van der Waals surface area contributed by atoms with Crippen molar-refractivity contribution in [3.05, 3.63) is 90.8 Å². The minimum absolute atomic E-state index is 0.181. The molecular formula is C22H19N3O3S. The lowest BCUT2D eigenvalue weighted by atomic mass is 10.00. The summed E-state index contributed by atoms with van der Waals surface area (Å²) >= 11 is 0. The van der Waals surface area contributed by atoms with Gasteiger partial charge in [-0.1, -0.05) is 66.7 Å². The quantitative estimate of drug-likeness (QED) is 0.512. The summed E-state index contributed by atoms with van der Waals surface area (Å²) in [7, 11) is -3.69. The molecule has 0 radical (unpaired) electrons. The first-order valence-corrected chi connectivity index (χ1v) is 10.6. The maximum Gasteiger partial charge on any atom is 0.248 e. The monoisotopic (exact) mass is 405 g/mol. The van der Waals surface area contributed by atoms with E-state index < -0.39 is 16.1 Å². The van der Waals surface area contributed by atoms with E-state index in [1.807, 2.05) is 54.6 Å². The number of nitrogens with zero attached hydrogens (tertiary/aromatic N) is 2. The molecule has 3 aromatic carbocycles. The molecule has 1 unspecified atom stereocenters. The van der Waals surface area contributed by atoms with Crippen molar-refractivity contribution < 1.29 is 12.8 Å². The molecule has 29 heavy (non-hydrogen) atoms. The first-order valence-electron chi connectivity index (χ1n) is 9.10. The molecule has 4 aromatic rings. The Morgan fingerprint density at radius 2 is 1.38 bits per heavy atom. The van der Waals surface area contributed by atoms with E-state index in [2.05, 4.69) is 14.9 Å². The highest BCUT2D eigenvalue weighted by molar-refractivity contribution is 7.89. The molecule has 0 saturated heterocycles. The van der Waals surface area contributed by atoms with Crippen LogP contribution in [-0.4, -0.2) is 18.6 Å². The molecule has 1 heterocycles. The van der Waals surface area contributed by atoms with Crippen LogP contribution >= 0.6 is 0 Å². The number of hydrogen-bond acceptors (Lipinski definition) is 5. The summed E-state index contributed by atoms with van der Waals surface area (Å²) in [6.07, 6.45) is 0. The van der Waals surface area contributed by atoms with Gasteiger partial charge in [0.1, 0.15) is 0 Å². The van der Waals surface area contributed by atoms with Gasteiger partial charge in [0.2, 0.25) is 21.8 Å². The summed E-state index contributed by atoms with van der Waals surface area (Å²) < 4.78 is 33.5. The van der Waals surface area contributed by atoms with Crippen molar-refractivity contribution in [3.8, 4) is 22.6 Å². The van der Waals surface area contributed by atoms with Crippen molar-refractivity contribution in [2.45, 2.75) is 17.9 Å². The predicted molar refractivity (Wildman–Crippen MR) is 110 cm³/mol. The van der Waals surface area contributed by atoms with Crippen LogP contribution < -0.4 is 4.72 Å². The lowest BCUT2D eigenvalue weighted by Crippen LogP contribution is -2.27. The van der Waals surface area contributed by atoms with Gasteiger partial charge in [0, 0.05) is 5.56 Å². The second kappa shape index (κ2) is 7.98. The van der Waals surface area contributed by atoms with Crippen LogP contribution in [-0.2, 0) is 10.0 Å². The highest BCUT2D eigenvalue weighted by atomic mass is 32.2. The van der Waals surface area contributed by atoms with E-state index in [1.165, 1.54) is 12.1 Å². The predicted octanol–water partition coefficient (Wildman–Crippen LogP) is 4.44. The van der Waals surface area contributed by atoms with E-state index >= 15 is 0 Å². The minimum atomic E-state index is -3.69. The summed E-state index contributed by atoms with van der Waals surface area (Å²) in [4.78, 5) is 0.181. The molecule has 0 fully saturated rings. The summed E-state index contributed by atoms with van der Waals surface area (Å²) in [5, 5.41) is 8.21. The van der Waals surface area contributed by atoms with Crippen molar-refractivity contribution in [2.24, 2.45) is 0 Å². The number of sulfonamides is 1. The fourth-order valence-electron chi connectivity index (χ4n) is 3.01. The van der Waals surface area contributed by atoms with Gasteiger partial charge < -0.3 is 4.42 Å². The van der Waals surface area contributed by atoms with Crippen LogP contribution in [0.25, 0.3) is 22.6 Å². The normalized spacial score (nSPS) is 12.6. The Bertz CT molecular complexity index is 1210. The summed E-state index contributed by atoms with van der Waals surface area (Å²) in [5.74, 6) is 0.535. The second-order valence-electron chi connectivity index (χ2n) is 6.51. The van der Waals surface area contributed by atoms with Crippen LogP contribution in [0.1, 0.15) is 18.9 Å². The Balaban J connectivity index is 1.61. The molecule has 1 atom stereocenters. The van der Waals surface area contributed by atoms with E-state index in [0.29, 0.717) is 5.89 Å². The second-order valence-corrected chi connectivity index (χ2v) is 8.23. The molecule has 0 amide bonds. The molecule has 1 aromatic heterocycles. The van der Waals surface area contributed by atoms with Gasteiger partial charge in [-0.3, -0.25) is 0 Å². The van der Waals surface area contributed by atoms with Gasteiger partial charge in [-0.2, -0.15) is 4.72 Å². The third kappa shape index (κ3) is 4.11. The molecule has 0 aliphatic carbocycles.